The van der Waals surface area contributed by atoms with Crippen LogP contribution in [0.4, 0.5) is 0 Å². The molecular formula is C11H8Br2ClNO. The maximum atomic E-state index is 8.79. The van der Waals surface area contributed by atoms with E-state index in [-0.39, 0.29) is 5.75 Å². The van der Waals surface area contributed by atoms with Crippen LogP contribution in [0.25, 0.3) is 0 Å². The van der Waals surface area contributed by atoms with Crippen LogP contribution < -0.4 is 0 Å². The maximum absolute atomic E-state index is 8.79. The molecule has 2 nitrogen and oxygen atoms in total. The van der Waals surface area contributed by atoms with Crippen LogP contribution in [-0.4, -0.2) is 10.1 Å². The first-order valence-electron chi connectivity index (χ1n) is 4.31. The largest absolute Gasteiger partial charge is 0.506 e. The van der Waals surface area contributed by atoms with E-state index >= 15 is 0 Å². The second kappa shape index (κ2) is 6.89. The first-order chi connectivity index (χ1) is 7.61. The summed E-state index contributed by atoms with van der Waals surface area (Å²) in [6, 6.07) is 10.5. The number of pyridine rings is 1. The molecule has 0 aliphatic heterocycles. The number of phenols is 1. The third-order valence-electron chi connectivity index (χ3n) is 1.57. The zero-order valence-electron chi connectivity index (χ0n) is 8.07. The monoisotopic (exact) mass is 363 g/mol. The van der Waals surface area contributed by atoms with Gasteiger partial charge in [0.25, 0.3) is 0 Å². The molecule has 0 atom stereocenters. The number of halogens is 3. The van der Waals surface area contributed by atoms with Gasteiger partial charge in [0.15, 0.2) is 0 Å². The van der Waals surface area contributed by atoms with Crippen LogP contribution in [0.5, 0.6) is 5.75 Å². The topological polar surface area (TPSA) is 33.1 Å². The summed E-state index contributed by atoms with van der Waals surface area (Å²) in [5, 5.41) is 9.18. The lowest BCUT2D eigenvalue weighted by Gasteiger charge is -1.89. The summed E-state index contributed by atoms with van der Waals surface area (Å²) in [5.74, 6) is 0.133. The number of aromatic nitrogens is 1. The van der Waals surface area contributed by atoms with E-state index in [1.807, 2.05) is 12.1 Å². The first kappa shape index (κ1) is 13.5. The molecule has 0 amide bonds. The Morgan fingerprint density at radius 3 is 2.12 bits per heavy atom. The highest BCUT2D eigenvalue weighted by Crippen LogP contribution is 2.20. The van der Waals surface area contributed by atoms with Crippen molar-refractivity contribution in [1.29, 1.82) is 0 Å². The van der Waals surface area contributed by atoms with Crippen molar-refractivity contribution in [1.82, 2.24) is 4.98 Å². The number of para-hydroxylation sites is 1. The summed E-state index contributed by atoms with van der Waals surface area (Å²) >= 11 is 12.0. The fourth-order valence-electron chi connectivity index (χ4n) is 0.818. The van der Waals surface area contributed by atoms with Crippen molar-refractivity contribution >= 4 is 43.5 Å². The van der Waals surface area contributed by atoms with E-state index in [2.05, 4.69) is 36.8 Å². The SMILES string of the molecule is Brc1cccnc1Br.Oc1ccccc1Cl. The van der Waals surface area contributed by atoms with Crippen LogP contribution >= 0.6 is 43.5 Å². The number of aromatic hydroxyl groups is 1. The highest BCUT2D eigenvalue weighted by Gasteiger charge is 1.90. The van der Waals surface area contributed by atoms with Crippen molar-refractivity contribution in [2.24, 2.45) is 0 Å². The highest BCUT2D eigenvalue weighted by molar-refractivity contribution is 9.13. The minimum atomic E-state index is 0.133. The van der Waals surface area contributed by atoms with Gasteiger partial charge >= 0.3 is 0 Å². The van der Waals surface area contributed by atoms with E-state index in [1.165, 1.54) is 0 Å². The highest BCUT2D eigenvalue weighted by atomic mass is 79.9. The second-order valence-corrected chi connectivity index (χ2v) is 4.74. The van der Waals surface area contributed by atoms with Gasteiger partial charge < -0.3 is 5.11 Å². The predicted molar refractivity (Wildman–Crippen MR) is 72.8 cm³/mol. The van der Waals surface area contributed by atoms with Gasteiger partial charge in [-0.05, 0) is 56.1 Å². The molecule has 1 heterocycles. The van der Waals surface area contributed by atoms with Crippen LogP contribution in [0.2, 0.25) is 5.02 Å². The van der Waals surface area contributed by atoms with Crippen LogP contribution in [0.15, 0.2) is 51.7 Å². The molecule has 0 spiro atoms. The van der Waals surface area contributed by atoms with E-state index < -0.39 is 0 Å². The second-order valence-electron chi connectivity index (χ2n) is 2.73. The summed E-state index contributed by atoms with van der Waals surface area (Å²) in [6.07, 6.45) is 1.73. The van der Waals surface area contributed by atoms with Crippen molar-refractivity contribution in [2.45, 2.75) is 0 Å². The van der Waals surface area contributed by atoms with Crippen LogP contribution in [0, 0.1) is 0 Å². The summed E-state index contributed by atoms with van der Waals surface area (Å²) in [6.45, 7) is 0. The van der Waals surface area contributed by atoms with Gasteiger partial charge in [0, 0.05) is 6.20 Å². The molecule has 0 bridgehead atoms. The standard InChI is InChI=1S/C6H5ClO.C5H3Br2N/c7-5-3-1-2-4-6(5)8;6-4-2-1-3-8-5(4)7/h1-4,8H;1-3H. The molecule has 0 aliphatic carbocycles. The Hall–Kier alpha value is -0.580. The van der Waals surface area contributed by atoms with E-state index in [0.717, 1.165) is 9.08 Å². The first-order valence-corrected chi connectivity index (χ1v) is 6.27. The number of phenolic OH excluding ortho intramolecular Hbond substituents is 1. The maximum Gasteiger partial charge on any atom is 0.134 e. The van der Waals surface area contributed by atoms with E-state index in [0.29, 0.717) is 5.02 Å². The molecule has 0 radical (unpaired) electrons. The summed E-state index contributed by atoms with van der Waals surface area (Å²) < 4.78 is 1.83. The summed E-state index contributed by atoms with van der Waals surface area (Å²) in [7, 11) is 0. The van der Waals surface area contributed by atoms with Gasteiger partial charge in [0.2, 0.25) is 0 Å². The van der Waals surface area contributed by atoms with Crippen molar-refractivity contribution in [3.05, 3.63) is 56.7 Å². The van der Waals surface area contributed by atoms with E-state index in [4.69, 9.17) is 16.7 Å². The zero-order chi connectivity index (χ0) is 12.0. The normalized spacial score (nSPS) is 9.19. The minimum absolute atomic E-state index is 0.133. The lowest BCUT2D eigenvalue weighted by molar-refractivity contribution is 0.475. The Bertz CT molecular complexity index is 380. The zero-order valence-corrected chi connectivity index (χ0v) is 12.0. The predicted octanol–water partition coefficient (Wildman–Crippen LogP) is 4.65. The molecule has 0 fully saturated rings. The van der Waals surface area contributed by atoms with Crippen LogP contribution in [-0.2, 0) is 0 Å². The molecule has 0 saturated heterocycles. The average molecular weight is 365 g/mol. The number of benzene rings is 1. The van der Waals surface area contributed by atoms with Gasteiger partial charge in [0.05, 0.1) is 9.50 Å². The molecule has 2 rings (SSSR count). The van der Waals surface area contributed by atoms with Gasteiger partial charge in [-0.1, -0.05) is 23.7 Å². The Labute approximate surface area is 116 Å². The number of nitrogens with zero attached hydrogens (tertiary/aromatic N) is 1. The molecular weight excluding hydrogens is 357 g/mol. The quantitative estimate of drug-likeness (QED) is 0.689. The third kappa shape index (κ3) is 4.51. The smallest absolute Gasteiger partial charge is 0.134 e. The van der Waals surface area contributed by atoms with Gasteiger partial charge in [-0.15, -0.1) is 0 Å². The van der Waals surface area contributed by atoms with Gasteiger partial charge in [-0.2, -0.15) is 0 Å². The molecule has 5 heteroatoms. The average Bonchev–Trinajstić information content (AvgIpc) is 2.28. The number of hydrogen-bond donors (Lipinski definition) is 1. The fourth-order valence-corrected chi connectivity index (χ4v) is 1.46. The summed E-state index contributed by atoms with van der Waals surface area (Å²) in [5.41, 5.74) is 0. The van der Waals surface area contributed by atoms with Crippen molar-refractivity contribution in [3.8, 4) is 5.75 Å². The molecule has 84 valence electrons. The van der Waals surface area contributed by atoms with Crippen LogP contribution in [0.1, 0.15) is 0 Å². The van der Waals surface area contributed by atoms with Gasteiger partial charge in [-0.3, -0.25) is 0 Å². The lowest BCUT2D eigenvalue weighted by Crippen LogP contribution is -1.71. The molecule has 0 saturated carbocycles. The molecule has 2 aromatic rings. The molecule has 1 aromatic heterocycles. The number of hydrogen-bond acceptors (Lipinski definition) is 2. The third-order valence-corrected chi connectivity index (χ3v) is 3.69. The van der Waals surface area contributed by atoms with E-state index in [9.17, 15) is 0 Å². The van der Waals surface area contributed by atoms with Gasteiger partial charge in [0.1, 0.15) is 10.4 Å². The fraction of sp³-hybridized carbons (Fsp3) is 0. The molecule has 0 unspecified atom stereocenters. The minimum Gasteiger partial charge on any atom is -0.506 e. The Morgan fingerprint density at radius 1 is 1.06 bits per heavy atom. The molecule has 1 aromatic carbocycles. The van der Waals surface area contributed by atoms with Gasteiger partial charge in [-0.25, -0.2) is 4.98 Å². The molecule has 16 heavy (non-hydrogen) atoms. The molecule has 0 aliphatic rings. The van der Waals surface area contributed by atoms with Crippen molar-refractivity contribution in [3.63, 3.8) is 0 Å². The number of rotatable bonds is 0. The molecule has 1 N–H and O–H groups in total. The van der Waals surface area contributed by atoms with E-state index in [1.54, 1.807) is 30.5 Å². The lowest BCUT2D eigenvalue weighted by atomic mass is 10.3. The van der Waals surface area contributed by atoms with Crippen molar-refractivity contribution < 1.29 is 5.11 Å². The van der Waals surface area contributed by atoms with Crippen molar-refractivity contribution in [2.75, 3.05) is 0 Å². The van der Waals surface area contributed by atoms with Crippen LogP contribution in [0.3, 0.4) is 0 Å². The Balaban J connectivity index is 0.000000160. The Kier molecular flexibility index (Phi) is 5.80. The summed E-state index contributed by atoms with van der Waals surface area (Å²) in [4.78, 5) is 3.95. The Morgan fingerprint density at radius 2 is 1.75 bits per heavy atom.